The van der Waals surface area contributed by atoms with Gasteiger partial charge in [0.15, 0.2) is 5.76 Å². The molecule has 0 radical (unpaired) electrons. The van der Waals surface area contributed by atoms with Crippen LogP contribution in [0.1, 0.15) is 59.4 Å². The molecule has 3 amide bonds. The first-order valence-electron chi connectivity index (χ1n) is 10.1. The van der Waals surface area contributed by atoms with Gasteiger partial charge in [0.25, 0.3) is 11.8 Å². The number of carbonyl (C=O) groups is 3. The molecule has 0 bridgehead atoms. The van der Waals surface area contributed by atoms with Crippen molar-refractivity contribution < 1.29 is 18.8 Å². The number of hydrogen-bond acceptors (Lipinski definition) is 4. The Labute approximate surface area is 170 Å². The summed E-state index contributed by atoms with van der Waals surface area (Å²) >= 11 is 0. The Morgan fingerprint density at radius 3 is 2.24 bits per heavy atom. The van der Waals surface area contributed by atoms with Crippen LogP contribution in [-0.4, -0.2) is 30.8 Å². The average molecular weight is 397 g/mol. The van der Waals surface area contributed by atoms with E-state index in [2.05, 4.69) is 16.0 Å². The van der Waals surface area contributed by atoms with Crippen LogP contribution in [0.25, 0.3) is 0 Å². The SMILES string of the molecule is O=C(CC1CCCCC1)Nc1ccc(C(=O)NCCNC(=O)c2ccco2)cc1. The van der Waals surface area contributed by atoms with Gasteiger partial charge < -0.3 is 20.4 Å². The van der Waals surface area contributed by atoms with E-state index < -0.39 is 0 Å². The van der Waals surface area contributed by atoms with Crippen LogP contribution in [0.15, 0.2) is 47.1 Å². The van der Waals surface area contributed by atoms with Crippen LogP contribution in [0, 0.1) is 5.92 Å². The van der Waals surface area contributed by atoms with E-state index in [1.54, 1.807) is 36.4 Å². The maximum atomic E-state index is 12.2. The number of anilines is 1. The van der Waals surface area contributed by atoms with Gasteiger partial charge in [0.1, 0.15) is 0 Å². The van der Waals surface area contributed by atoms with E-state index in [4.69, 9.17) is 4.42 Å². The number of furan rings is 1. The second-order valence-corrected chi connectivity index (χ2v) is 7.32. The number of amides is 3. The molecule has 7 nitrogen and oxygen atoms in total. The molecule has 2 aromatic rings. The van der Waals surface area contributed by atoms with Gasteiger partial charge in [-0.2, -0.15) is 0 Å². The Bertz CT molecular complexity index is 809. The number of hydrogen-bond donors (Lipinski definition) is 3. The highest BCUT2D eigenvalue weighted by molar-refractivity contribution is 5.96. The van der Waals surface area contributed by atoms with Crippen LogP contribution in [0.3, 0.4) is 0 Å². The summed E-state index contributed by atoms with van der Waals surface area (Å²) in [6.45, 7) is 0.589. The Balaban J connectivity index is 1.37. The molecule has 3 rings (SSSR count). The van der Waals surface area contributed by atoms with Crippen LogP contribution in [0.2, 0.25) is 0 Å². The molecular formula is C22H27N3O4. The third kappa shape index (κ3) is 6.48. The Hall–Kier alpha value is -3.09. The molecular weight excluding hydrogens is 370 g/mol. The molecule has 1 aliphatic carbocycles. The fraction of sp³-hybridized carbons (Fsp3) is 0.409. The summed E-state index contributed by atoms with van der Waals surface area (Å²) in [7, 11) is 0. The zero-order valence-electron chi connectivity index (χ0n) is 16.4. The van der Waals surface area contributed by atoms with E-state index in [9.17, 15) is 14.4 Å². The first kappa shape index (κ1) is 20.6. The van der Waals surface area contributed by atoms with Gasteiger partial charge in [-0.25, -0.2) is 0 Å². The molecule has 1 aromatic heterocycles. The van der Waals surface area contributed by atoms with Crippen molar-refractivity contribution in [2.75, 3.05) is 18.4 Å². The minimum Gasteiger partial charge on any atom is -0.459 e. The Morgan fingerprint density at radius 1 is 0.897 bits per heavy atom. The van der Waals surface area contributed by atoms with Gasteiger partial charge in [0.05, 0.1) is 6.26 Å². The average Bonchev–Trinajstić information content (AvgIpc) is 3.27. The van der Waals surface area contributed by atoms with Crippen molar-refractivity contribution in [3.63, 3.8) is 0 Å². The maximum absolute atomic E-state index is 12.2. The van der Waals surface area contributed by atoms with Crippen molar-refractivity contribution in [3.05, 3.63) is 54.0 Å². The van der Waals surface area contributed by atoms with Gasteiger partial charge in [-0.1, -0.05) is 19.3 Å². The molecule has 0 unspecified atom stereocenters. The molecule has 0 aliphatic heterocycles. The Morgan fingerprint density at radius 2 is 1.59 bits per heavy atom. The number of carbonyl (C=O) groups excluding carboxylic acids is 3. The third-order valence-corrected chi connectivity index (χ3v) is 5.07. The molecule has 7 heteroatoms. The van der Waals surface area contributed by atoms with Crippen molar-refractivity contribution >= 4 is 23.4 Å². The highest BCUT2D eigenvalue weighted by Gasteiger charge is 2.17. The minimum absolute atomic E-state index is 0.0291. The van der Waals surface area contributed by atoms with E-state index in [1.165, 1.54) is 25.5 Å². The molecule has 0 atom stereocenters. The predicted octanol–water partition coefficient (Wildman–Crippen LogP) is 3.35. The lowest BCUT2D eigenvalue weighted by molar-refractivity contribution is -0.117. The summed E-state index contributed by atoms with van der Waals surface area (Å²) in [5.41, 5.74) is 1.18. The lowest BCUT2D eigenvalue weighted by atomic mass is 9.87. The summed E-state index contributed by atoms with van der Waals surface area (Å²) in [5, 5.41) is 8.31. The molecule has 1 aliphatic rings. The predicted molar refractivity (Wildman–Crippen MR) is 110 cm³/mol. The third-order valence-electron chi connectivity index (χ3n) is 5.07. The molecule has 0 saturated heterocycles. The maximum Gasteiger partial charge on any atom is 0.287 e. The zero-order chi connectivity index (χ0) is 20.5. The van der Waals surface area contributed by atoms with Crippen molar-refractivity contribution in [1.82, 2.24) is 10.6 Å². The molecule has 1 aromatic carbocycles. The molecule has 1 heterocycles. The molecule has 0 spiro atoms. The lowest BCUT2D eigenvalue weighted by Crippen LogP contribution is -2.34. The fourth-order valence-corrected chi connectivity index (χ4v) is 3.52. The summed E-state index contributed by atoms with van der Waals surface area (Å²) in [6.07, 6.45) is 7.97. The van der Waals surface area contributed by atoms with E-state index in [1.807, 2.05) is 0 Å². The lowest BCUT2D eigenvalue weighted by Gasteiger charge is -2.20. The Kier molecular flexibility index (Phi) is 7.44. The van der Waals surface area contributed by atoms with Gasteiger partial charge in [-0.3, -0.25) is 14.4 Å². The fourth-order valence-electron chi connectivity index (χ4n) is 3.52. The van der Waals surface area contributed by atoms with Crippen molar-refractivity contribution in [2.45, 2.75) is 38.5 Å². The van der Waals surface area contributed by atoms with Gasteiger partial charge in [-0.05, 0) is 55.2 Å². The van der Waals surface area contributed by atoms with Crippen LogP contribution in [0.4, 0.5) is 5.69 Å². The first-order valence-corrected chi connectivity index (χ1v) is 10.1. The van der Waals surface area contributed by atoms with Crippen LogP contribution in [-0.2, 0) is 4.79 Å². The minimum atomic E-state index is -0.322. The van der Waals surface area contributed by atoms with Crippen LogP contribution in [0.5, 0.6) is 0 Å². The second-order valence-electron chi connectivity index (χ2n) is 7.32. The second kappa shape index (κ2) is 10.5. The molecule has 1 saturated carbocycles. The molecule has 154 valence electrons. The summed E-state index contributed by atoms with van der Waals surface area (Å²) < 4.78 is 4.99. The summed E-state index contributed by atoms with van der Waals surface area (Å²) in [5.74, 6) is 0.191. The van der Waals surface area contributed by atoms with E-state index in [-0.39, 0.29) is 23.5 Å². The highest BCUT2D eigenvalue weighted by Crippen LogP contribution is 2.26. The van der Waals surface area contributed by atoms with Gasteiger partial charge in [0, 0.05) is 30.8 Å². The summed E-state index contributed by atoms with van der Waals surface area (Å²) in [6, 6.07) is 10.0. The smallest absolute Gasteiger partial charge is 0.287 e. The van der Waals surface area contributed by atoms with Gasteiger partial charge >= 0.3 is 0 Å². The molecule has 1 fully saturated rings. The highest BCUT2D eigenvalue weighted by atomic mass is 16.3. The van der Waals surface area contributed by atoms with Crippen molar-refractivity contribution in [3.8, 4) is 0 Å². The molecule has 3 N–H and O–H groups in total. The molecule has 29 heavy (non-hydrogen) atoms. The largest absolute Gasteiger partial charge is 0.459 e. The number of benzene rings is 1. The first-order chi connectivity index (χ1) is 14.1. The van der Waals surface area contributed by atoms with E-state index in [0.29, 0.717) is 36.7 Å². The van der Waals surface area contributed by atoms with Gasteiger partial charge in [0.2, 0.25) is 5.91 Å². The topological polar surface area (TPSA) is 100 Å². The standard InChI is InChI=1S/C22H27N3O4/c26-20(15-16-5-2-1-3-6-16)25-18-10-8-17(9-11-18)21(27)23-12-13-24-22(28)19-7-4-14-29-19/h4,7-11,14,16H,1-3,5-6,12-13,15H2,(H,23,27)(H,24,28)(H,25,26). The normalized spacial score (nSPS) is 14.2. The van der Waals surface area contributed by atoms with Crippen LogP contribution >= 0.6 is 0 Å². The van der Waals surface area contributed by atoms with E-state index >= 15 is 0 Å². The quantitative estimate of drug-likeness (QED) is 0.595. The van der Waals surface area contributed by atoms with Crippen molar-refractivity contribution in [2.24, 2.45) is 5.92 Å². The number of rotatable bonds is 8. The zero-order valence-corrected chi connectivity index (χ0v) is 16.4. The van der Waals surface area contributed by atoms with E-state index in [0.717, 1.165) is 12.8 Å². The van der Waals surface area contributed by atoms with Crippen molar-refractivity contribution in [1.29, 1.82) is 0 Å². The van der Waals surface area contributed by atoms with Crippen LogP contribution < -0.4 is 16.0 Å². The summed E-state index contributed by atoms with van der Waals surface area (Å²) in [4.78, 5) is 36.1. The number of nitrogens with one attached hydrogen (secondary N) is 3. The van der Waals surface area contributed by atoms with Gasteiger partial charge in [-0.15, -0.1) is 0 Å². The monoisotopic (exact) mass is 397 g/mol.